The first-order valence-corrected chi connectivity index (χ1v) is 7.48. The summed E-state index contributed by atoms with van der Waals surface area (Å²) in [6, 6.07) is 15.2. The number of H-pyrrole nitrogens is 1. The Bertz CT molecular complexity index is 1070. The number of nitrogens with zero attached hydrogens (tertiary/aromatic N) is 2. The fourth-order valence-electron chi connectivity index (χ4n) is 2.49. The quantitative estimate of drug-likeness (QED) is 0.418. The van der Waals surface area contributed by atoms with Crippen molar-refractivity contribution < 1.29 is 9.34 Å². The number of aromatic nitrogens is 2. The van der Waals surface area contributed by atoms with E-state index >= 15 is 0 Å². The molecule has 0 bridgehead atoms. The molecule has 0 aliphatic heterocycles. The average molecular weight is 340 g/mol. The number of benzene rings is 2. The maximum atomic E-state index is 10.9. The highest BCUT2D eigenvalue weighted by Gasteiger charge is 2.13. The Hall–Kier alpha value is -3.12. The zero-order valence-electron chi connectivity index (χ0n) is 12.2. The topological polar surface area (TPSA) is 85.0 Å². The third kappa shape index (κ3) is 2.53. The van der Waals surface area contributed by atoms with Gasteiger partial charge in [-0.15, -0.1) is 0 Å². The predicted molar refractivity (Wildman–Crippen MR) is 90.9 cm³/mol. The number of hydrogen-bond acceptors (Lipinski definition) is 4. The molecule has 0 aliphatic carbocycles. The summed E-state index contributed by atoms with van der Waals surface area (Å²) in [6.45, 7) is 0. The standard InChI is InChI=1S/C17H10ClN3O3/c18-11-4-5-13-14(9-11)20-17(19-13)16-7-6-15(24-16)10-2-1-3-12(8-10)21(22)23/h1-9H,(H,19,20). The summed E-state index contributed by atoms with van der Waals surface area (Å²) in [6.07, 6.45) is 0. The van der Waals surface area contributed by atoms with Crippen molar-refractivity contribution in [2.75, 3.05) is 0 Å². The van der Waals surface area contributed by atoms with Crippen LogP contribution in [-0.2, 0) is 0 Å². The van der Waals surface area contributed by atoms with Gasteiger partial charge in [-0.05, 0) is 30.3 Å². The van der Waals surface area contributed by atoms with Crippen molar-refractivity contribution in [3.8, 4) is 22.9 Å². The number of imidazole rings is 1. The Morgan fingerprint density at radius 2 is 1.92 bits per heavy atom. The number of nitro benzene ring substituents is 1. The molecular weight excluding hydrogens is 330 g/mol. The third-order valence-corrected chi connectivity index (χ3v) is 3.86. The molecule has 0 spiro atoms. The molecule has 0 aliphatic rings. The molecule has 0 saturated heterocycles. The van der Waals surface area contributed by atoms with Gasteiger partial charge in [-0.2, -0.15) is 0 Å². The van der Waals surface area contributed by atoms with Gasteiger partial charge in [0.15, 0.2) is 11.6 Å². The molecule has 0 amide bonds. The molecule has 4 rings (SSSR count). The van der Waals surface area contributed by atoms with Gasteiger partial charge in [0, 0.05) is 22.7 Å². The van der Waals surface area contributed by atoms with E-state index in [9.17, 15) is 10.1 Å². The Balaban J connectivity index is 1.73. The van der Waals surface area contributed by atoms with Crippen molar-refractivity contribution in [3.63, 3.8) is 0 Å². The van der Waals surface area contributed by atoms with Crippen LogP contribution in [0.3, 0.4) is 0 Å². The largest absolute Gasteiger partial charge is 0.453 e. The molecule has 0 fully saturated rings. The molecule has 4 aromatic rings. The number of furan rings is 1. The number of fused-ring (bicyclic) bond motifs is 1. The van der Waals surface area contributed by atoms with Crippen LogP contribution in [0.4, 0.5) is 5.69 Å². The lowest BCUT2D eigenvalue weighted by Crippen LogP contribution is -1.87. The monoisotopic (exact) mass is 339 g/mol. The van der Waals surface area contributed by atoms with Gasteiger partial charge in [0.05, 0.1) is 16.0 Å². The first-order chi connectivity index (χ1) is 11.6. The van der Waals surface area contributed by atoms with Crippen LogP contribution in [0.15, 0.2) is 59.0 Å². The van der Waals surface area contributed by atoms with E-state index in [-0.39, 0.29) is 5.69 Å². The summed E-state index contributed by atoms with van der Waals surface area (Å²) >= 11 is 5.97. The van der Waals surface area contributed by atoms with Gasteiger partial charge < -0.3 is 9.40 Å². The number of nitrogens with one attached hydrogen (secondary N) is 1. The van der Waals surface area contributed by atoms with Gasteiger partial charge in [-0.25, -0.2) is 4.98 Å². The minimum absolute atomic E-state index is 0.0174. The van der Waals surface area contributed by atoms with Crippen LogP contribution in [0.2, 0.25) is 5.02 Å². The summed E-state index contributed by atoms with van der Waals surface area (Å²) in [7, 11) is 0. The molecule has 0 atom stereocenters. The third-order valence-electron chi connectivity index (χ3n) is 3.62. The van der Waals surface area contributed by atoms with Crippen LogP contribution in [0, 0.1) is 10.1 Å². The SMILES string of the molecule is O=[N+]([O-])c1cccc(-c2ccc(-c3nc4ccc(Cl)cc4[nH]3)o2)c1. The molecule has 0 unspecified atom stereocenters. The Morgan fingerprint density at radius 3 is 2.75 bits per heavy atom. The van der Waals surface area contributed by atoms with Gasteiger partial charge in [-0.3, -0.25) is 10.1 Å². The van der Waals surface area contributed by atoms with Gasteiger partial charge in [-0.1, -0.05) is 23.7 Å². The lowest BCUT2D eigenvalue weighted by atomic mass is 10.1. The molecule has 6 nitrogen and oxygen atoms in total. The van der Waals surface area contributed by atoms with Crippen LogP contribution in [0.1, 0.15) is 0 Å². The highest BCUT2D eigenvalue weighted by atomic mass is 35.5. The van der Waals surface area contributed by atoms with Crippen LogP contribution in [-0.4, -0.2) is 14.9 Å². The van der Waals surface area contributed by atoms with Gasteiger partial charge >= 0.3 is 0 Å². The predicted octanol–water partition coefficient (Wildman–Crippen LogP) is 5.05. The van der Waals surface area contributed by atoms with Crippen molar-refractivity contribution in [1.29, 1.82) is 0 Å². The first kappa shape index (κ1) is 14.5. The molecule has 0 radical (unpaired) electrons. The maximum absolute atomic E-state index is 10.9. The van der Waals surface area contributed by atoms with Crippen molar-refractivity contribution >= 4 is 28.3 Å². The first-order valence-electron chi connectivity index (χ1n) is 7.10. The van der Waals surface area contributed by atoms with Crippen molar-refractivity contribution in [2.24, 2.45) is 0 Å². The lowest BCUT2D eigenvalue weighted by molar-refractivity contribution is -0.384. The Kier molecular flexibility index (Phi) is 3.32. The maximum Gasteiger partial charge on any atom is 0.270 e. The molecule has 2 aromatic heterocycles. The molecule has 2 heterocycles. The summed E-state index contributed by atoms with van der Waals surface area (Å²) < 4.78 is 5.80. The van der Waals surface area contributed by atoms with Gasteiger partial charge in [0.1, 0.15) is 5.76 Å². The van der Waals surface area contributed by atoms with Crippen LogP contribution in [0.25, 0.3) is 33.9 Å². The van der Waals surface area contributed by atoms with E-state index in [1.807, 2.05) is 6.07 Å². The van der Waals surface area contributed by atoms with Crippen LogP contribution in [0.5, 0.6) is 0 Å². The van der Waals surface area contributed by atoms with E-state index in [1.165, 1.54) is 12.1 Å². The number of halogens is 1. The number of rotatable bonds is 3. The minimum Gasteiger partial charge on any atom is -0.453 e. The van der Waals surface area contributed by atoms with Crippen molar-refractivity contribution in [3.05, 3.63) is 69.7 Å². The molecular formula is C17H10ClN3O3. The minimum atomic E-state index is -0.434. The highest BCUT2D eigenvalue weighted by Crippen LogP contribution is 2.30. The molecule has 24 heavy (non-hydrogen) atoms. The fourth-order valence-corrected chi connectivity index (χ4v) is 2.66. The molecule has 0 saturated carbocycles. The van der Waals surface area contributed by atoms with E-state index in [2.05, 4.69) is 9.97 Å². The van der Waals surface area contributed by atoms with E-state index in [0.29, 0.717) is 27.9 Å². The second kappa shape index (κ2) is 5.50. The van der Waals surface area contributed by atoms with E-state index < -0.39 is 4.92 Å². The van der Waals surface area contributed by atoms with E-state index in [4.69, 9.17) is 16.0 Å². The highest BCUT2D eigenvalue weighted by molar-refractivity contribution is 6.31. The second-order valence-corrected chi connectivity index (χ2v) is 5.65. The summed E-state index contributed by atoms with van der Waals surface area (Å²) in [5.41, 5.74) is 2.24. The molecule has 1 N–H and O–H groups in total. The smallest absolute Gasteiger partial charge is 0.270 e. The van der Waals surface area contributed by atoms with E-state index in [1.54, 1.807) is 36.4 Å². The number of hydrogen-bond donors (Lipinski definition) is 1. The Morgan fingerprint density at radius 1 is 1.08 bits per heavy atom. The number of nitro groups is 1. The number of aromatic amines is 1. The van der Waals surface area contributed by atoms with E-state index in [0.717, 1.165) is 11.0 Å². The fraction of sp³-hybridized carbons (Fsp3) is 0. The van der Waals surface area contributed by atoms with Gasteiger partial charge in [0.2, 0.25) is 0 Å². The normalized spacial score (nSPS) is 11.0. The summed E-state index contributed by atoms with van der Waals surface area (Å²) in [5, 5.41) is 11.5. The molecule has 118 valence electrons. The van der Waals surface area contributed by atoms with Gasteiger partial charge in [0.25, 0.3) is 5.69 Å². The zero-order chi connectivity index (χ0) is 16.7. The van der Waals surface area contributed by atoms with Crippen molar-refractivity contribution in [2.45, 2.75) is 0 Å². The van der Waals surface area contributed by atoms with Crippen molar-refractivity contribution in [1.82, 2.24) is 9.97 Å². The van der Waals surface area contributed by atoms with Crippen LogP contribution < -0.4 is 0 Å². The summed E-state index contributed by atoms with van der Waals surface area (Å²) in [4.78, 5) is 18.1. The Labute approximate surface area is 140 Å². The van der Waals surface area contributed by atoms with Crippen LogP contribution >= 0.6 is 11.6 Å². The molecule has 2 aromatic carbocycles. The zero-order valence-corrected chi connectivity index (χ0v) is 12.9. The summed E-state index contributed by atoms with van der Waals surface area (Å²) in [5.74, 6) is 1.65. The number of non-ortho nitro benzene ring substituents is 1. The second-order valence-electron chi connectivity index (χ2n) is 5.22. The average Bonchev–Trinajstić information content (AvgIpc) is 3.21. The lowest BCUT2D eigenvalue weighted by Gasteiger charge is -1.97. The molecule has 7 heteroatoms.